The Labute approximate surface area is 214 Å². The molecule has 11 nitrogen and oxygen atoms in total. The molecule has 0 bridgehead atoms. The van der Waals surface area contributed by atoms with Crippen LogP contribution in [0.3, 0.4) is 0 Å². The lowest BCUT2D eigenvalue weighted by Crippen LogP contribution is -2.40. The van der Waals surface area contributed by atoms with Gasteiger partial charge in [-0.1, -0.05) is 32.6 Å². The van der Waals surface area contributed by atoms with Gasteiger partial charge in [0.05, 0.1) is 35.0 Å². The van der Waals surface area contributed by atoms with Crippen molar-refractivity contribution < 1.29 is 53.8 Å². The fourth-order valence-electron chi connectivity index (χ4n) is 5.82. The zero-order chi connectivity index (χ0) is 26.9. The summed E-state index contributed by atoms with van der Waals surface area (Å²) in [5, 5.41) is 44.3. The summed E-state index contributed by atoms with van der Waals surface area (Å²) >= 11 is 0. The van der Waals surface area contributed by atoms with Crippen molar-refractivity contribution in [2.24, 2.45) is 11.8 Å². The average Bonchev–Trinajstić information content (AvgIpc) is 3.30. The Morgan fingerprint density at radius 2 is 1.68 bits per heavy atom. The highest BCUT2D eigenvalue weighted by atomic mass is 16.6. The Morgan fingerprint density at radius 3 is 2.38 bits per heavy atom. The predicted octanol–water partition coefficient (Wildman–Crippen LogP) is 0.713. The molecule has 1 aliphatic carbocycles. The number of hydrogen-bond donors (Lipinski definition) is 4. The fraction of sp³-hybridized carbons (Fsp3) is 0.692. The third kappa shape index (κ3) is 5.50. The van der Waals surface area contributed by atoms with Crippen LogP contribution in [0.25, 0.3) is 0 Å². The minimum atomic E-state index is -1.79. The van der Waals surface area contributed by atoms with Crippen LogP contribution in [0.5, 0.6) is 0 Å². The molecule has 0 aromatic carbocycles. The van der Waals surface area contributed by atoms with Crippen LogP contribution in [0.4, 0.5) is 0 Å². The molecular formula is C26H34O11. The van der Waals surface area contributed by atoms with Crippen molar-refractivity contribution in [3.8, 4) is 0 Å². The van der Waals surface area contributed by atoms with E-state index in [1.54, 1.807) is 0 Å². The van der Waals surface area contributed by atoms with Crippen LogP contribution in [-0.4, -0.2) is 75.0 Å². The number of hydrogen-bond acceptors (Lipinski definition) is 11. The second-order valence-electron chi connectivity index (χ2n) is 10.2. The molecule has 0 radical (unpaired) electrons. The van der Waals surface area contributed by atoms with Crippen molar-refractivity contribution in [1.29, 1.82) is 0 Å². The monoisotopic (exact) mass is 522 g/mol. The Kier molecular flexibility index (Phi) is 8.47. The van der Waals surface area contributed by atoms with E-state index in [1.807, 2.05) is 6.92 Å². The summed E-state index contributed by atoms with van der Waals surface area (Å²) in [6, 6.07) is 0. The minimum absolute atomic E-state index is 0.0508. The van der Waals surface area contributed by atoms with Crippen molar-refractivity contribution in [2.75, 3.05) is 0 Å². The highest BCUT2D eigenvalue weighted by Crippen LogP contribution is 2.44. The molecule has 1 saturated heterocycles. The molecule has 0 spiro atoms. The molecule has 4 aliphatic rings. The standard InChI is InChI=1S/C26H34O11/c1-2-3-4-5-7-15(27)20-18-13(23(31)36-25(18)33)10-12(21(29)16-8-6-9-17(28)35-16)11-14-19(22(20)30)26(34)37-24(14)32/h12,15-16,20-23,27,29-31H,2-11H2,1H3. The van der Waals surface area contributed by atoms with Crippen LogP contribution in [0, 0.1) is 11.8 Å². The zero-order valence-electron chi connectivity index (χ0n) is 20.8. The quantitative estimate of drug-likeness (QED) is 0.153. The summed E-state index contributed by atoms with van der Waals surface area (Å²) in [4.78, 5) is 50.1. The number of carbonyl (C=O) groups excluding carboxylic acids is 4. The lowest BCUT2D eigenvalue weighted by atomic mass is 9.80. The second-order valence-corrected chi connectivity index (χ2v) is 10.2. The van der Waals surface area contributed by atoms with E-state index in [4.69, 9.17) is 14.2 Å². The number of carbonyl (C=O) groups is 4. The number of aliphatic hydroxyl groups is 4. The van der Waals surface area contributed by atoms with E-state index in [2.05, 4.69) is 0 Å². The van der Waals surface area contributed by atoms with Crippen LogP contribution in [0.1, 0.15) is 71.1 Å². The third-order valence-electron chi connectivity index (χ3n) is 7.76. The highest BCUT2D eigenvalue weighted by Gasteiger charge is 2.51. The van der Waals surface area contributed by atoms with Crippen molar-refractivity contribution in [3.05, 3.63) is 22.3 Å². The minimum Gasteiger partial charge on any atom is -0.460 e. The molecule has 7 unspecified atom stereocenters. The van der Waals surface area contributed by atoms with Gasteiger partial charge in [-0.25, -0.2) is 14.4 Å². The maximum absolute atomic E-state index is 12.9. The first-order chi connectivity index (χ1) is 17.6. The van der Waals surface area contributed by atoms with Gasteiger partial charge in [0.1, 0.15) is 6.10 Å². The lowest BCUT2D eigenvalue weighted by molar-refractivity contribution is -0.164. The van der Waals surface area contributed by atoms with Gasteiger partial charge in [0.25, 0.3) is 0 Å². The Bertz CT molecular complexity index is 1010. The SMILES string of the molecule is CCCCCCC(O)C1C2=C(CC(C(O)C3CCCC(=O)O3)CC3=C(C(=O)OC3=O)C1O)C(O)OC2=O. The van der Waals surface area contributed by atoms with Crippen molar-refractivity contribution >= 4 is 23.9 Å². The van der Waals surface area contributed by atoms with Crippen molar-refractivity contribution in [3.63, 3.8) is 0 Å². The molecule has 37 heavy (non-hydrogen) atoms. The van der Waals surface area contributed by atoms with Crippen LogP contribution in [0.15, 0.2) is 22.3 Å². The number of aliphatic hydroxyl groups excluding tert-OH is 4. The third-order valence-corrected chi connectivity index (χ3v) is 7.76. The van der Waals surface area contributed by atoms with E-state index in [-0.39, 0.29) is 48.0 Å². The van der Waals surface area contributed by atoms with Gasteiger partial charge < -0.3 is 34.6 Å². The molecule has 7 atom stereocenters. The van der Waals surface area contributed by atoms with E-state index in [0.717, 1.165) is 19.3 Å². The van der Waals surface area contributed by atoms with Gasteiger partial charge in [-0.15, -0.1) is 0 Å². The Morgan fingerprint density at radius 1 is 0.919 bits per heavy atom. The van der Waals surface area contributed by atoms with Gasteiger partial charge in [-0.05, 0) is 38.0 Å². The molecule has 4 rings (SSSR count). The van der Waals surface area contributed by atoms with Crippen LogP contribution in [0.2, 0.25) is 0 Å². The van der Waals surface area contributed by atoms with Gasteiger partial charge in [-0.3, -0.25) is 4.79 Å². The van der Waals surface area contributed by atoms with Crippen molar-refractivity contribution in [1.82, 2.24) is 0 Å². The predicted molar refractivity (Wildman–Crippen MR) is 124 cm³/mol. The average molecular weight is 523 g/mol. The van der Waals surface area contributed by atoms with Crippen LogP contribution < -0.4 is 0 Å². The Hall–Kier alpha value is -2.60. The molecule has 0 saturated carbocycles. The summed E-state index contributed by atoms with van der Waals surface area (Å²) in [6.45, 7) is 2.03. The number of unbranched alkanes of at least 4 members (excludes halogenated alkanes) is 3. The first-order valence-corrected chi connectivity index (χ1v) is 13.0. The van der Waals surface area contributed by atoms with Crippen LogP contribution >= 0.6 is 0 Å². The molecule has 4 N–H and O–H groups in total. The molecule has 0 amide bonds. The summed E-state index contributed by atoms with van der Waals surface area (Å²) < 4.78 is 15.1. The lowest BCUT2D eigenvalue weighted by Gasteiger charge is -2.32. The van der Waals surface area contributed by atoms with Gasteiger partial charge in [0.15, 0.2) is 0 Å². The summed E-state index contributed by atoms with van der Waals surface area (Å²) in [5.74, 6) is -5.79. The maximum Gasteiger partial charge on any atom is 0.345 e. The van der Waals surface area contributed by atoms with Gasteiger partial charge in [-0.2, -0.15) is 0 Å². The van der Waals surface area contributed by atoms with E-state index in [9.17, 15) is 39.6 Å². The first kappa shape index (κ1) is 27.4. The van der Waals surface area contributed by atoms with E-state index in [0.29, 0.717) is 19.3 Å². The molecular weight excluding hydrogens is 488 g/mol. The molecule has 204 valence electrons. The maximum atomic E-state index is 12.9. The largest absolute Gasteiger partial charge is 0.460 e. The summed E-state index contributed by atoms with van der Waals surface area (Å²) in [5.41, 5.74) is -0.684. The Balaban J connectivity index is 1.77. The van der Waals surface area contributed by atoms with Crippen molar-refractivity contribution in [2.45, 2.75) is 102 Å². The smallest absolute Gasteiger partial charge is 0.345 e. The zero-order valence-corrected chi connectivity index (χ0v) is 20.8. The number of rotatable bonds is 8. The normalized spacial score (nSPS) is 32.1. The van der Waals surface area contributed by atoms with E-state index in [1.165, 1.54) is 0 Å². The summed E-state index contributed by atoms with van der Waals surface area (Å²) in [7, 11) is 0. The number of esters is 4. The molecule has 3 heterocycles. The van der Waals surface area contributed by atoms with E-state index < -0.39 is 66.4 Å². The van der Waals surface area contributed by atoms with Crippen LogP contribution in [-0.2, 0) is 33.4 Å². The molecule has 0 aromatic heterocycles. The van der Waals surface area contributed by atoms with E-state index >= 15 is 0 Å². The molecule has 3 aliphatic heterocycles. The first-order valence-electron chi connectivity index (χ1n) is 13.0. The van der Waals surface area contributed by atoms with Gasteiger partial charge in [0.2, 0.25) is 6.29 Å². The summed E-state index contributed by atoms with van der Waals surface area (Å²) in [6.07, 6.45) is -2.87. The number of cyclic esters (lactones) is 4. The van der Waals surface area contributed by atoms with Gasteiger partial charge >= 0.3 is 23.9 Å². The highest BCUT2D eigenvalue weighted by molar-refractivity contribution is 6.13. The molecule has 1 fully saturated rings. The molecule has 11 heteroatoms. The van der Waals surface area contributed by atoms with Gasteiger partial charge in [0, 0.05) is 17.9 Å². The molecule has 0 aromatic rings. The fourth-order valence-corrected chi connectivity index (χ4v) is 5.82. The second kappa shape index (κ2) is 11.4. The number of ether oxygens (including phenoxy) is 3. The topological polar surface area (TPSA) is 177 Å².